The summed E-state index contributed by atoms with van der Waals surface area (Å²) in [5.74, 6) is 0.227. The van der Waals surface area contributed by atoms with E-state index in [-0.39, 0.29) is 17.8 Å². The lowest BCUT2D eigenvalue weighted by atomic mass is 10.0. The molecule has 0 aromatic carbocycles. The molecular weight excluding hydrogens is 426 g/mol. The number of unbranched alkanes of at least 4 members (excludes halogenated alkanes) is 14. The van der Waals surface area contributed by atoms with Gasteiger partial charge in [-0.1, -0.05) is 125 Å². The molecule has 0 aromatic heterocycles. The lowest BCUT2D eigenvalue weighted by Crippen LogP contribution is -2.44. The van der Waals surface area contributed by atoms with E-state index in [1.54, 1.807) is 7.05 Å². The Labute approximate surface area is 211 Å². The summed E-state index contributed by atoms with van der Waals surface area (Å²) in [6, 6.07) is -0.587. The molecule has 0 rings (SSSR count). The fourth-order valence-electron chi connectivity index (χ4n) is 4.07. The molecule has 0 radical (unpaired) electrons. The number of nitrogens with zero attached hydrogens (tertiary/aromatic N) is 1. The van der Waals surface area contributed by atoms with Gasteiger partial charge >= 0.3 is 12.1 Å². The summed E-state index contributed by atoms with van der Waals surface area (Å²) in [5, 5.41) is 0. The zero-order valence-corrected chi connectivity index (χ0v) is 23.5. The molecule has 0 heterocycles. The fourth-order valence-corrected chi connectivity index (χ4v) is 4.07. The van der Waals surface area contributed by atoms with Crippen molar-refractivity contribution in [1.82, 2.24) is 4.90 Å². The van der Waals surface area contributed by atoms with Gasteiger partial charge in [-0.15, -0.1) is 0 Å². The van der Waals surface area contributed by atoms with E-state index in [2.05, 4.69) is 6.92 Å². The lowest BCUT2D eigenvalue weighted by molar-refractivity contribution is -0.149. The average Bonchev–Trinajstić information content (AvgIpc) is 2.79. The Morgan fingerprint density at radius 3 is 1.50 bits per heavy atom. The Kier molecular flexibility index (Phi) is 21.4. The van der Waals surface area contributed by atoms with Crippen LogP contribution in [-0.2, 0) is 14.3 Å². The molecule has 0 aliphatic rings. The van der Waals surface area contributed by atoms with Gasteiger partial charge in [-0.3, -0.25) is 4.90 Å². The van der Waals surface area contributed by atoms with E-state index in [0.29, 0.717) is 19.6 Å². The molecule has 202 valence electrons. The third-order valence-corrected chi connectivity index (χ3v) is 6.25. The molecule has 5 heteroatoms. The Morgan fingerprint density at radius 1 is 0.647 bits per heavy atom. The van der Waals surface area contributed by atoms with Crippen molar-refractivity contribution in [2.45, 2.75) is 143 Å². The normalized spacial score (nSPS) is 12.2. The maximum Gasteiger partial charge on any atom is 0.410 e. The van der Waals surface area contributed by atoms with Crippen molar-refractivity contribution < 1.29 is 19.1 Å². The number of esters is 1. The predicted molar refractivity (Wildman–Crippen MR) is 143 cm³/mol. The fraction of sp³-hybridized carbons (Fsp3) is 0.931. The van der Waals surface area contributed by atoms with E-state index in [4.69, 9.17) is 9.47 Å². The molecule has 0 saturated heterocycles. The second-order valence-corrected chi connectivity index (χ2v) is 10.8. The summed E-state index contributed by atoms with van der Waals surface area (Å²) < 4.78 is 10.8. The van der Waals surface area contributed by atoms with Gasteiger partial charge in [-0.2, -0.15) is 0 Å². The Bertz CT molecular complexity index is 493. The predicted octanol–water partition coefficient (Wildman–Crippen LogP) is 8.54. The van der Waals surface area contributed by atoms with Crippen molar-refractivity contribution in [1.29, 1.82) is 0 Å². The lowest BCUT2D eigenvalue weighted by Gasteiger charge is -2.27. The van der Waals surface area contributed by atoms with Crippen LogP contribution in [0.1, 0.15) is 137 Å². The Morgan fingerprint density at radius 2 is 1.09 bits per heavy atom. The van der Waals surface area contributed by atoms with Crippen LogP contribution < -0.4 is 0 Å². The van der Waals surface area contributed by atoms with E-state index in [9.17, 15) is 9.59 Å². The van der Waals surface area contributed by atoms with E-state index >= 15 is 0 Å². The van der Waals surface area contributed by atoms with Crippen LogP contribution in [0, 0.1) is 11.8 Å². The van der Waals surface area contributed by atoms with Gasteiger partial charge in [0.25, 0.3) is 0 Å². The highest BCUT2D eigenvalue weighted by atomic mass is 16.6. The minimum absolute atomic E-state index is 0.262. The second-order valence-electron chi connectivity index (χ2n) is 10.8. The monoisotopic (exact) mass is 483 g/mol. The van der Waals surface area contributed by atoms with Crippen molar-refractivity contribution in [3.63, 3.8) is 0 Å². The van der Waals surface area contributed by atoms with Crippen LogP contribution in [0.3, 0.4) is 0 Å². The van der Waals surface area contributed by atoms with Crippen molar-refractivity contribution in [2.24, 2.45) is 11.8 Å². The van der Waals surface area contributed by atoms with Gasteiger partial charge in [0, 0.05) is 7.05 Å². The molecule has 0 aliphatic heterocycles. The number of carbonyl (C=O) groups excluding carboxylic acids is 2. The number of hydrogen-bond donors (Lipinski definition) is 0. The summed E-state index contributed by atoms with van der Waals surface area (Å²) in [6.45, 7) is 11.1. The van der Waals surface area contributed by atoms with Gasteiger partial charge in [-0.05, 0) is 24.7 Å². The summed E-state index contributed by atoms with van der Waals surface area (Å²) in [6.07, 6.45) is 19.8. The highest BCUT2D eigenvalue weighted by molar-refractivity contribution is 5.81. The first kappa shape index (κ1) is 32.7. The number of hydrogen-bond acceptors (Lipinski definition) is 4. The molecule has 5 nitrogen and oxygen atoms in total. The molecule has 0 N–H and O–H groups in total. The van der Waals surface area contributed by atoms with Gasteiger partial charge in [-0.25, -0.2) is 9.59 Å². The van der Waals surface area contributed by atoms with Crippen LogP contribution in [0.5, 0.6) is 0 Å². The number of rotatable bonds is 22. The number of carbonyl (C=O) groups is 2. The van der Waals surface area contributed by atoms with Crippen molar-refractivity contribution in [3.8, 4) is 0 Å². The van der Waals surface area contributed by atoms with Crippen molar-refractivity contribution in [3.05, 3.63) is 0 Å². The molecule has 0 spiro atoms. The third kappa shape index (κ3) is 19.1. The molecule has 0 aliphatic carbocycles. The van der Waals surface area contributed by atoms with Crippen LogP contribution in [0.4, 0.5) is 4.79 Å². The summed E-state index contributed by atoms with van der Waals surface area (Å²) in [5.41, 5.74) is 0. The third-order valence-electron chi connectivity index (χ3n) is 6.25. The maximum absolute atomic E-state index is 12.6. The van der Waals surface area contributed by atoms with Crippen LogP contribution in [0.25, 0.3) is 0 Å². The molecule has 0 bridgehead atoms. The number of likely N-dealkylation sites (N-methyl/N-ethyl adjacent to an activating group) is 1. The number of amides is 1. The number of ether oxygens (including phenoxy) is 2. The molecular formula is C29H57NO4. The van der Waals surface area contributed by atoms with Crippen LogP contribution >= 0.6 is 0 Å². The highest BCUT2D eigenvalue weighted by Gasteiger charge is 2.30. The smallest absolute Gasteiger partial charge is 0.410 e. The quantitative estimate of drug-likeness (QED) is 0.114. The van der Waals surface area contributed by atoms with E-state index in [1.807, 2.05) is 27.7 Å². The highest BCUT2D eigenvalue weighted by Crippen LogP contribution is 2.15. The average molecular weight is 484 g/mol. The maximum atomic E-state index is 12.6. The first-order valence-electron chi connectivity index (χ1n) is 14.4. The molecule has 34 heavy (non-hydrogen) atoms. The topological polar surface area (TPSA) is 55.8 Å². The van der Waals surface area contributed by atoms with Gasteiger partial charge in [0.2, 0.25) is 0 Å². The minimum Gasteiger partial charge on any atom is -0.464 e. The SMILES string of the molecule is CCCCCCCCCCCCCCCCCOC(=O)C(CC(C)C)N(C)C(=O)OCC(C)C. The van der Waals surface area contributed by atoms with Crippen LogP contribution in [-0.4, -0.2) is 43.3 Å². The summed E-state index contributed by atoms with van der Waals surface area (Å²) >= 11 is 0. The zero-order chi connectivity index (χ0) is 25.6. The second kappa shape index (κ2) is 22.2. The van der Waals surface area contributed by atoms with E-state index in [0.717, 1.165) is 12.8 Å². The summed E-state index contributed by atoms with van der Waals surface area (Å²) in [4.78, 5) is 26.3. The molecule has 1 atom stereocenters. The standard InChI is InChI=1S/C29H57NO4/c1-7-8-9-10-11-12-13-14-15-16-17-18-19-20-21-22-33-28(31)27(23-25(2)3)30(6)29(32)34-24-26(4)5/h25-27H,7-24H2,1-6H3. The largest absolute Gasteiger partial charge is 0.464 e. The van der Waals surface area contributed by atoms with Gasteiger partial charge in [0.1, 0.15) is 6.04 Å². The Balaban J connectivity index is 3.84. The van der Waals surface area contributed by atoms with E-state index < -0.39 is 12.1 Å². The molecule has 0 saturated carbocycles. The molecule has 1 amide bonds. The molecule has 0 fully saturated rings. The zero-order valence-electron chi connectivity index (χ0n) is 23.5. The first-order valence-corrected chi connectivity index (χ1v) is 14.4. The summed E-state index contributed by atoms with van der Waals surface area (Å²) in [7, 11) is 1.63. The first-order chi connectivity index (χ1) is 16.3. The van der Waals surface area contributed by atoms with Crippen LogP contribution in [0.2, 0.25) is 0 Å². The van der Waals surface area contributed by atoms with Crippen LogP contribution in [0.15, 0.2) is 0 Å². The van der Waals surface area contributed by atoms with E-state index in [1.165, 1.54) is 88.4 Å². The minimum atomic E-state index is -0.587. The molecule has 1 unspecified atom stereocenters. The van der Waals surface area contributed by atoms with Crippen molar-refractivity contribution in [2.75, 3.05) is 20.3 Å². The molecule has 0 aromatic rings. The van der Waals surface area contributed by atoms with Gasteiger partial charge in [0.15, 0.2) is 0 Å². The van der Waals surface area contributed by atoms with Gasteiger partial charge in [0.05, 0.1) is 13.2 Å². The van der Waals surface area contributed by atoms with Crippen molar-refractivity contribution >= 4 is 12.1 Å². The van der Waals surface area contributed by atoms with Gasteiger partial charge < -0.3 is 9.47 Å². The Hall–Kier alpha value is -1.26.